The fourth-order valence-electron chi connectivity index (χ4n) is 3.16. The number of carbonyl (C=O) groups is 3. The highest BCUT2D eigenvalue weighted by atomic mass is 32.2. The van der Waals surface area contributed by atoms with Crippen molar-refractivity contribution in [3.8, 4) is 0 Å². The maximum atomic E-state index is 12.2. The van der Waals surface area contributed by atoms with Gasteiger partial charge in [-0.05, 0) is 25.0 Å². The summed E-state index contributed by atoms with van der Waals surface area (Å²) in [4.78, 5) is 37.8. The van der Waals surface area contributed by atoms with E-state index in [-0.39, 0.29) is 34.8 Å². The maximum Gasteiger partial charge on any atom is 0.242 e. The average molecular weight is 328 g/mol. The van der Waals surface area contributed by atoms with Gasteiger partial charge < -0.3 is 5.32 Å². The number of hydrogen-bond acceptors (Lipinski definition) is 4. The molecule has 5 nitrogen and oxygen atoms in total. The minimum absolute atomic E-state index is 0.00383. The van der Waals surface area contributed by atoms with Gasteiger partial charge in [-0.2, -0.15) is 11.8 Å². The van der Waals surface area contributed by atoms with Crippen molar-refractivity contribution in [2.24, 2.45) is 10.8 Å². The molecular formula is C16H28N2O3S. The Labute approximate surface area is 137 Å². The van der Waals surface area contributed by atoms with Crippen LogP contribution in [0.2, 0.25) is 0 Å². The van der Waals surface area contributed by atoms with E-state index in [9.17, 15) is 14.4 Å². The summed E-state index contributed by atoms with van der Waals surface area (Å²) >= 11 is 1.42. The molecule has 1 rings (SSSR count). The van der Waals surface area contributed by atoms with E-state index in [0.717, 1.165) is 0 Å². The number of imide groups is 1. The molecule has 1 fully saturated rings. The van der Waals surface area contributed by atoms with Crippen LogP contribution in [0.3, 0.4) is 0 Å². The van der Waals surface area contributed by atoms with E-state index in [2.05, 4.69) is 5.32 Å². The molecule has 1 aliphatic rings. The van der Waals surface area contributed by atoms with E-state index in [1.807, 2.05) is 40.9 Å². The minimum Gasteiger partial charge on any atom is -0.356 e. The molecule has 0 aromatic carbocycles. The average Bonchev–Trinajstić information content (AvgIpc) is 2.64. The van der Waals surface area contributed by atoms with Crippen LogP contribution in [0.4, 0.5) is 0 Å². The van der Waals surface area contributed by atoms with Gasteiger partial charge in [-0.3, -0.25) is 19.3 Å². The Morgan fingerprint density at radius 3 is 2.36 bits per heavy atom. The third-order valence-corrected chi connectivity index (χ3v) is 4.88. The van der Waals surface area contributed by atoms with Gasteiger partial charge in [0.25, 0.3) is 0 Å². The molecule has 22 heavy (non-hydrogen) atoms. The van der Waals surface area contributed by atoms with Crippen LogP contribution in [0.25, 0.3) is 0 Å². The molecule has 0 aromatic heterocycles. The van der Waals surface area contributed by atoms with E-state index in [4.69, 9.17) is 0 Å². The lowest BCUT2D eigenvalue weighted by atomic mass is 9.74. The third-order valence-electron chi connectivity index (χ3n) is 3.95. The van der Waals surface area contributed by atoms with Crippen molar-refractivity contribution in [2.75, 3.05) is 19.3 Å². The summed E-state index contributed by atoms with van der Waals surface area (Å²) in [6, 6.07) is 0. The second-order valence-corrected chi connectivity index (χ2v) is 8.37. The predicted molar refractivity (Wildman–Crippen MR) is 89.5 cm³/mol. The summed E-state index contributed by atoms with van der Waals surface area (Å²) in [5.41, 5.74) is -0.850. The lowest BCUT2D eigenvalue weighted by Crippen LogP contribution is -2.44. The molecule has 0 aromatic rings. The Bertz CT molecular complexity index is 460. The van der Waals surface area contributed by atoms with Crippen molar-refractivity contribution in [3.05, 3.63) is 0 Å². The SMILES string of the molecule is CCNC(=O)C(C)(C)CC(C)(C)CN1C(=O)CC(SC)C1=O. The van der Waals surface area contributed by atoms with Crippen molar-refractivity contribution in [1.29, 1.82) is 0 Å². The highest BCUT2D eigenvalue weighted by Gasteiger charge is 2.42. The fraction of sp³-hybridized carbons (Fsp3) is 0.812. The molecule has 1 aliphatic heterocycles. The summed E-state index contributed by atoms with van der Waals surface area (Å²) in [7, 11) is 0. The van der Waals surface area contributed by atoms with Gasteiger partial charge in [0.2, 0.25) is 17.7 Å². The molecule has 0 spiro atoms. The Morgan fingerprint density at radius 1 is 1.32 bits per heavy atom. The van der Waals surface area contributed by atoms with E-state index >= 15 is 0 Å². The van der Waals surface area contributed by atoms with Crippen LogP contribution in [-0.2, 0) is 14.4 Å². The monoisotopic (exact) mass is 328 g/mol. The molecule has 1 N–H and O–H groups in total. The zero-order chi connectivity index (χ0) is 17.1. The van der Waals surface area contributed by atoms with Gasteiger partial charge in [-0.1, -0.05) is 27.7 Å². The number of thioether (sulfide) groups is 1. The Morgan fingerprint density at radius 2 is 1.91 bits per heavy atom. The molecule has 1 heterocycles. The zero-order valence-corrected chi connectivity index (χ0v) is 15.3. The molecule has 1 saturated heterocycles. The molecule has 126 valence electrons. The quantitative estimate of drug-likeness (QED) is 0.727. The van der Waals surface area contributed by atoms with Gasteiger partial charge in [-0.15, -0.1) is 0 Å². The van der Waals surface area contributed by atoms with E-state index in [0.29, 0.717) is 19.5 Å². The molecule has 6 heteroatoms. The number of amides is 3. The number of likely N-dealkylation sites (tertiary alicyclic amines) is 1. The maximum absolute atomic E-state index is 12.2. The first-order valence-electron chi connectivity index (χ1n) is 7.69. The number of hydrogen-bond donors (Lipinski definition) is 1. The molecule has 0 radical (unpaired) electrons. The normalized spacial score (nSPS) is 19.7. The number of nitrogens with zero attached hydrogens (tertiary/aromatic N) is 1. The first-order valence-corrected chi connectivity index (χ1v) is 8.98. The number of nitrogens with one attached hydrogen (secondary N) is 1. The Hall–Kier alpha value is -1.04. The molecule has 1 unspecified atom stereocenters. The highest BCUT2D eigenvalue weighted by Crippen LogP contribution is 2.36. The van der Waals surface area contributed by atoms with Gasteiger partial charge in [0.1, 0.15) is 0 Å². The minimum atomic E-state index is -0.537. The molecule has 1 atom stereocenters. The first-order chi connectivity index (χ1) is 10.0. The van der Waals surface area contributed by atoms with Gasteiger partial charge in [0, 0.05) is 24.9 Å². The number of carbonyl (C=O) groups excluding carboxylic acids is 3. The molecule has 0 aliphatic carbocycles. The Balaban J connectivity index is 2.77. The van der Waals surface area contributed by atoms with Crippen LogP contribution in [0.5, 0.6) is 0 Å². The van der Waals surface area contributed by atoms with Crippen molar-refractivity contribution < 1.29 is 14.4 Å². The summed E-state index contributed by atoms with van der Waals surface area (Å²) in [6.45, 7) is 10.7. The van der Waals surface area contributed by atoms with E-state index in [1.54, 1.807) is 0 Å². The summed E-state index contributed by atoms with van der Waals surface area (Å²) in [5.74, 6) is -0.196. The molecular weight excluding hydrogens is 300 g/mol. The highest BCUT2D eigenvalue weighted by molar-refractivity contribution is 8.00. The molecule has 3 amide bonds. The first kappa shape index (κ1) is 19.0. The summed E-state index contributed by atoms with van der Waals surface area (Å²) < 4.78 is 0. The topological polar surface area (TPSA) is 66.5 Å². The second kappa shape index (κ2) is 7.02. The summed E-state index contributed by atoms with van der Waals surface area (Å²) in [6.07, 6.45) is 2.74. The van der Waals surface area contributed by atoms with E-state index < -0.39 is 5.41 Å². The predicted octanol–water partition coefficient (Wildman–Crippen LogP) is 2.06. The van der Waals surface area contributed by atoms with Crippen LogP contribution in [-0.4, -0.2) is 47.2 Å². The van der Waals surface area contributed by atoms with Crippen LogP contribution >= 0.6 is 11.8 Å². The third kappa shape index (κ3) is 4.48. The van der Waals surface area contributed by atoms with E-state index in [1.165, 1.54) is 16.7 Å². The lowest BCUT2D eigenvalue weighted by molar-refractivity contribution is -0.140. The fourth-order valence-corrected chi connectivity index (χ4v) is 3.80. The zero-order valence-electron chi connectivity index (χ0n) is 14.5. The van der Waals surface area contributed by atoms with Crippen molar-refractivity contribution in [3.63, 3.8) is 0 Å². The standard InChI is InChI=1S/C16H28N2O3S/c1-7-17-14(21)16(4,5)9-15(2,3)10-18-12(19)8-11(22-6)13(18)20/h11H,7-10H2,1-6H3,(H,17,21). The molecule has 0 bridgehead atoms. The lowest BCUT2D eigenvalue weighted by Gasteiger charge is -2.36. The van der Waals surface area contributed by atoms with Gasteiger partial charge in [0.15, 0.2) is 0 Å². The van der Waals surface area contributed by atoms with Gasteiger partial charge in [-0.25, -0.2) is 0 Å². The van der Waals surface area contributed by atoms with Crippen molar-refractivity contribution >= 4 is 29.5 Å². The van der Waals surface area contributed by atoms with Crippen LogP contribution < -0.4 is 5.32 Å². The van der Waals surface area contributed by atoms with Gasteiger partial charge >= 0.3 is 0 Å². The van der Waals surface area contributed by atoms with Crippen LogP contribution in [0.1, 0.15) is 47.5 Å². The van der Waals surface area contributed by atoms with Gasteiger partial charge in [0.05, 0.1) is 5.25 Å². The smallest absolute Gasteiger partial charge is 0.242 e. The molecule has 0 saturated carbocycles. The van der Waals surface area contributed by atoms with Crippen molar-refractivity contribution in [1.82, 2.24) is 10.2 Å². The van der Waals surface area contributed by atoms with Crippen molar-refractivity contribution in [2.45, 2.75) is 52.7 Å². The van der Waals surface area contributed by atoms with Crippen LogP contribution in [0.15, 0.2) is 0 Å². The largest absolute Gasteiger partial charge is 0.356 e. The van der Waals surface area contributed by atoms with Crippen LogP contribution in [0, 0.1) is 10.8 Å². The summed E-state index contributed by atoms with van der Waals surface area (Å²) in [5, 5.41) is 2.60. The second-order valence-electron chi connectivity index (χ2n) is 7.33. The Kier molecular flexibility index (Phi) is 6.07. The number of rotatable bonds is 7.